The van der Waals surface area contributed by atoms with Crippen LogP contribution >= 0.6 is 11.8 Å². The number of benzene rings is 2. The van der Waals surface area contributed by atoms with Gasteiger partial charge in [-0.2, -0.15) is 0 Å². The van der Waals surface area contributed by atoms with Gasteiger partial charge in [0.25, 0.3) is 0 Å². The summed E-state index contributed by atoms with van der Waals surface area (Å²) in [4.78, 5) is 1.16. The lowest BCUT2D eigenvalue weighted by atomic mass is 9.78. The van der Waals surface area contributed by atoms with Gasteiger partial charge in [-0.3, -0.25) is 0 Å². The molecule has 132 valence electrons. The van der Waals surface area contributed by atoms with E-state index in [9.17, 15) is 0 Å². The monoisotopic (exact) mass is 356 g/mol. The van der Waals surface area contributed by atoms with Crippen molar-refractivity contribution in [2.24, 2.45) is 0 Å². The Balaban J connectivity index is 1.86. The van der Waals surface area contributed by atoms with Gasteiger partial charge in [-0.05, 0) is 51.6 Å². The largest absolute Gasteiger partial charge is 0.498 e. The molecule has 1 aliphatic heterocycles. The summed E-state index contributed by atoms with van der Waals surface area (Å²) >= 11 is 1.69. The minimum atomic E-state index is -0.424. The highest BCUT2D eigenvalue weighted by Crippen LogP contribution is 2.37. The molecule has 0 aliphatic carbocycles. The van der Waals surface area contributed by atoms with E-state index >= 15 is 0 Å². The van der Waals surface area contributed by atoms with E-state index in [4.69, 9.17) is 14.0 Å². The van der Waals surface area contributed by atoms with Gasteiger partial charge in [-0.1, -0.05) is 36.4 Å². The molecule has 0 atom stereocenters. The maximum absolute atomic E-state index is 6.21. The summed E-state index contributed by atoms with van der Waals surface area (Å²) in [7, 11) is -0.424. The van der Waals surface area contributed by atoms with Crippen molar-refractivity contribution in [1.29, 1.82) is 0 Å². The lowest BCUT2D eigenvalue weighted by molar-refractivity contribution is 0.00578. The molecule has 0 spiro atoms. The Morgan fingerprint density at radius 3 is 2.20 bits per heavy atom. The molecule has 0 saturated carbocycles. The SMILES string of the molecule is CSc1ccc(B2OC(C)(C)C(C)(C)O2)c(OCc2ccccc2)c1. The standard InChI is InChI=1S/C20H25BO3S/c1-19(2)20(3,4)24-21(23-19)17-12-11-16(25-5)13-18(17)22-14-15-9-7-6-8-10-15/h6-13H,14H2,1-5H3. The minimum absolute atomic E-state index is 0.369. The fourth-order valence-electron chi connectivity index (χ4n) is 2.67. The first-order chi connectivity index (χ1) is 11.8. The Bertz CT molecular complexity index is 715. The van der Waals surface area contributed by atoms with Crippen LogP contribution in [0.4, 0.5) is 0 Å². The Labute approximate surface area is 155 Å². The van der Waals surface area contributed by atoms with Crippen molar-refractivity contribution >= 4 is 24.3 Å². The van der Waals surface area contributed by atoms with E-state index in [2.05, 4.69) is 58.2 Å². The molecule has 0 amide bonds. The van der Waals surface area contributed by atoms with Crippen molar-refractivity contribution < 1.29 is 14.0 Å². The molecule has 25 heavy (non-hydrogen) atoms. The lowest BCUT2D eigenvalue weighted by Gasteiger charge is -2.32. The maximum Gasteiger partial charge on any atom is 0.498 e. The van der Waals surface area contributed by atoms with Gasteiger partial charge in [-0.15, -0.1) is 11.8 Å². The van der Waals surface area contributed by atoms with Crippen molar-refractivity contribution in [3.8, 4) is 5.75 Å². The summed E-state index contributed by atoms with van der Waals surface area (Å²) in [6, 6.07) is 16.4. The van der Waals surface area contributed by atoms with Gasteiger partial charge >= 0.3 is 7.12 Å². The van der Waals surface area contributed by atoms with Crippen LogP contribution in [0.15, 0.2) is 53.4 Å². The van der Waals surface area contributed by atoms with Crippen LogP contribution in [0.1, 0.15) is 33.3 Å². The van der Waals surface area contributed by atoms with Crippen LogP contribution in [-0.2, 0) is 15.9 Å². The second kappa shape index (κ2) is 7.06. The molecule has 0 radical (unpaired) electrons. The first-order valence-electron chi connectivity index (χ1n) is 8.53. The van der Waals surface area contributed by atoms with E-state index in [1.165, 1.54) is 0 Å². The van der Waals surface area contributed by atoms with Crippen LogP contribution in [0.25, 0.3) is 0 Å². The summed E-state index contributed by atoms with van der Waals surface area (Å²) in [6.07, 6.45) is 2.06. The number of rotatable bonds is 5. The fraction of sp³-hybridized carbons (Fsp3) is 0.400. The lowest BCUT2D eigenvalue weighted by Crippen LogP contribution is -2.41. The minimum Gasteiger partial charge on any atom is -0.489 e. The average molecular weight is 356 g/mol. The third-order valence-corrected chi connectivity index (χ3v) is 5.69. The highest BCUT2D eigenvalue weighted by Gasteiger charge is 2.52. The first-order valence-corrected chi connectivity index (χ1v) is 9.75. The van der Waals surface area contributed by atoms with Gasteiger partial charge in [0.15, 0.2) is 0 Å². The van der Waals surface area contributed by atoms with Crippen LogP contribution in [0.3, 0.4) is 0 Å². The highest BCUT2D eigenvalue weighted by atomic mass is 32.2. The zero-order chi connectivity index (χ0) is 18.1. The molecular formula is C20H25BO3S. The topological polar surface area (TPSA) is 27.7 Å². The Morgan fingerprint density at radius 2 is 1.60 bits per heavy atom. The zero-order valence-electron chi connectivity index (χ0n) is 15.5. The summed E-state index contributed by atoms with van der Waals surface area (Å²) in [6.45, 7) is 8.77. The molecule has 1 saturated heterocycles. The van der Waals surface area contributed by atoms with E-state index < -0.39 is 7.12 Å². The second-order valence-electron chi connectivity index (χ2n) is 7.27. The number of hydrogen-bond donors (Lipinski definition) is 0. The van der Waals surface area contributed by atoms with E-state index in [1.54, 1.807) is 11.8 Å². The average Bonchev–Trinajstić information content (AvgIpc) is 2.81. The van der Waals surface area contributed by atoms with Gasteiger partial charge in [0.1, 0.15) is 12.4 Å². The van der Waals surface area contributed by atoms with Gasteiger partial charge in [0, 0.05) is 10.4 Å². The molecular weight excluding hydrogens is 331 g/mol. The molecule has 5 heteroatoms. The third kappa shape index (κ3) is 3.89. The normalized spacial score (nSPS) is 18.4. The van der Waals surface area contributed by atoms with Crippen LogP contribution < -0.4 is 10.2 Å². The predicted octanol–water partition coefficient (Wildman–Crippen LogP) is 4.29. The van der Waals surface area contributed by atoms with Crippen molar-refractivity contribution in [2.75, 3.05) is 6.26 Å². The summed E-state index contributed by atoms with van der Waals surface area (Å²) in [5.74, 6) is 0.814. The fourth-order valence-corrected chi connectivity index (χ4v) is 3.10. The van der Waals surface area contributed by atoms with E-state index in [0.717, 1.165) is 21.7 Å². The molecule has 2 aromatic rings. The molecule has 3 rings (SSSR count). The van der Waals surface area contributed by atoms with E-state index in [1.807, 2.05) is 24.3 Å². The molecule has 1 aliphatic rings. The van der Waals surface area contributed by atoms with Gasteiger partial charge in [0.2, 0.25) is 0 Å². The Kier molecular flexibility index (Phi) is 5.19. The predicted molar refractivity (Wildman–Crippen MR) is 105 cm³/mol. The quantitative estimate of drug-likeness (QED) is 0.590. The summed E-state index contributed by atoms with van der Waals surface area (Å²) < 4.78 is 18.6. The Morgan fingerprint density at radius 1 is 0.960 bits per heavy atom. The first kappa shape index (κ1) is 18.4. The molecule has 1 heterocycles. The molecule has 2 aromatic carbocycles. The van der Waals surface area contributed by atoms with Crippen LogP contribution in [0.5, 0.6) is 5.75 Å². The maximum atomic E-state index is 6.21. The highest BCUT2D eigenvalue weighted by molar-refractivity contribution is 7.98. The smallest absolute Gasteiger partial charge is 0.489 e. The van der Waals surface area contributed by atoms with Crippen molar-refractivity contribution in [1.82, 2.24) is 0 Å². The number of thioether (sulfide) groups is 1. The summed E-state index contributed by atoms with van der Waals surface area (Å²) in [5, 5.41) is 0. The Hall–Kier alpha value is -1.43. The molecule has 0 aromatic heterocycles. The van der Waals surface area contributed by atoms with Gasteiger partial charge in [-0.25, -0.2) is 0 Å². The second-order valence-corrected chi connectivity index (χ2v) is 8.15. The van der Waals surface area contributed by atoms with Crippen molar-refractivity contribution in [3.63, 3.8) is 0 Å². The summed E-state index contributed by atoms with van der Waals surface area (Å²) in [5.41, 5.74) is 1.34. The van der Waals surface area contributed by atoms with E-state index in [0.29, 0.717) is 6.61 Å². The molecule has 0 N–H and O–H groups in total. The molecule has 1 fully saturated rings. The van der Waals surface area contributed by atoms with Crippen molar-refractivity contribution in [2.45, 2.75) is 50.4 Å². The molecule has 3 nitrogen and oxygen atoms in total. The molecule has 0 bridgehead atoms. The number of hydrogen-bond acceptors (Lipinski definition) is 4. The van der Waals surface area contributed by atoms with Crippen LogP contribution in [0.2, 0.25) is 0 Å². The van der Waals surface area contributed by atoms with Crippen molar-refractivity contribution in [3.05, 3.63) is 54.1 Å². The zero-order valence-corrected chi connectivity index (χ0v) is 16.4. The van der Waals surface area contributed by atoms with Gasteiger partial charge < -0.3 is 14.0 Å². The van der Waals surface area contributed by atoms with Crippen LogP contribution in [-0.4, -0.2) is 24.6 Å². The number of ether oxygens (including phenoxy) is 1. The van der Waals surface area contributed by atoms with Crippen LogP contribution in [0, 0.1) is 0 Å². The van der Waals surface area contributed by atoms with Gasteiger partial charge in [0.05, 0.1) is 11.2 Å². The van der Waals surface area contributed by atoms with E-state index in [-0.39, 0.29) is 11.2 Å². The third-order valence-electron chi connectivity index (χ3n) is 4.97. The molecule has 0 unspecified atom stereocenters.